The second kappa shape index (κ2) is 5.71. The van der Waals surface area contributed by atoms with Gasteiger partial charge in [0.05, 0.1) is 12.1 Å². The summed E-state index contributed by atoms with van der Waals surface area (Å²) in [5.74, 6) is 0.753. The highest BCUT2D eigenvalue weighted by Gasteiger charge is 2.01. The Bertz CT molecular complexity index is 307. The maximum Gasteiger partial charge on any atom is 0.137 e. The lowest BCUT2D eigenvalue weighted by molar-refractivity contribution is 0.414. The summed E-state index contributed by atoms with van der Waals surface area (Å²) in [5.41, 5.74) is 1.26. The number of benzene rings is 1. The summed E-state index contributed by atoms with van der Waals surface area (Å²) in [6.07, 6.45) is 5.14. The Labute approximate surface area is 90.3 Å². The van der Waals surface area contributed by atoms with Gasteiger partial charge in [0.1, 0.15) is 5.75 Å². The molecule has 14 heavy (non-hydrogen) atoms. The van der Waals surface area contributed by atoms with Crippen LogP contribution < -0.4 is 4.74 Å². The average Bonchev–Trinajstić information content (AvgIpc) is 2.21. The number of aryl methyl sites for hydroxylation is 1. The first kappa shape index (κ1) is 11.1. The first-order chi connectivity index (χ1) is 6.77. The molecule has 0 saturated heterocycles. The summed E-state index contributed by atoms with van der Waals surface area (Å²) in [4.78, 5) is 0. The molecule has 1 aromatic carbocycles. The van der Waals surface area contributed by atoms with Crippen LogP contribution in [0.2, 0.25) is 5.02 Å². The lowest BCUT2D eigenvalue weighted by atomic mass is 10.1. The molecule has 1 rings (SSSR count). The Kier molecular flexibility index (Phi) is 4.54. The zero-order valence-electron chi connectivity index (χ0n) is 8.42. The molecule has 1 nitrogen and oxygen atoms in total. The summed E-state index contributed by atoms with van der Waals surface area (Å²) in [6.45, 7) is 3.69. The van der Waals surface area contributed by atoms with E-state index < -0.39 is 0 Å². The van der Waals surface area contributed by atoms with Crippen LogP contribution in [-0.2, 0) is 6.42 Å². The van der Waals surface area contributed by atoms with E-state index in [0.717, 1.165) is 25.0 Å². The maximum absolute atomic E-state index is 5.92. The Morgan fingerprint density at radius 2 is 2.29 bits per heavy atom. The fourth-order valence-electron chi connectivity index (χ4n) is 1.31. The quantitative estimate of drug-likeness (QED) is 0.530. The van der Waals surface area contributed by atoms with Gasteiger partial charge in [0.15, 0.2) is 0 Å². The second-order valence-electron chi connectivity index (χ2n) is 3.15. The van der Waals surface area contributed by atoms with Crippen molar-refractivity contribution in [2.24, 2.45) is 0 Å². The van der Waals surface area contributed by atoms with Gasteiger partial charge in [0.25, 0.3) is 0 Å². The summed E-state index contributed by atoms with van der Waals surface area (Å²) < 4.78 is 5.14. The third-order valence-electron chi connectivity index (χ3n) is 2.09. The molecule has 0 bridgehead atoms. The van der Waals surface area contributed by atoms with Crippen molar-refractivity contribution in [1.29, 1.82) is 0 Å². The number of rotatable bonds is 5. The average molecular weight is 211 g/mol. The van der Waals surface area contributed by atoms with Crippen molar-refractivity contribution in [2.75, 3.05) is 7.11 Å². The van der Waals surface area contributed by atoms with E-state index in [-0.39, 0.29) is 0 Å². The normalized spacial score (nSPS) is 9.86. The largest absolute Gasteiger partial charge is 0.495 e. The van der Waals surface area contributed by atoms with Crippen molar-refractivity contribution in [3.63, 3.8) is 0 Å². The minimum atomic E-state index is 0.667. The molecule has 0 amide bonds. The van der Waals surface area contributed by atoms with Gasteiger partial charge in [-0.2, -0.15) is 0 Å². The summed E-state index contributed by atoms with van der Waals surface area (Å²) >= 11 is 5.92. The van der Waals surface area contributed by atoms with Crippen LogP contribution in [0.25, 0.3) is 0 Å². The van der Waals surface area contributed by atoms with E-state index in [9.17, 15) is 0 Å². The van der Waals surface area contributed by atoms with Gasteiger partial charge in [0, 0.05) is 0 Å². The van der Waals surface area contributed by atoms with Gasteiger partial charge in [0.2, 0.25) is 0 Å². The third kappa shape index (κ3) is 3.08. The first-order valence-corrected chi connectivity index (χ1v) is 5.09. The van der Waals surface area contributed by atoms with Crippen LogP contribution in [0.5, 0.6) is 5.75 Å². The molecule has 0 aromatic heterocycles. The van der Waals surface area contributed by atoms with Crippen molar-refractivity contribution >= 4 is 11.6 Å². The highest BCUT2D eigenvalue weighted by molar-refractivity contribution is 6.32. The molecule has 0 saturated carbocycles. The zero-order chi connectivity index (χ0) is 10.4. The van der Waals surface area contributed by atoms with E-state index in [0.29, 0.717) is 5.02 Å². The van der Waals surface area contributed by atoms with Crippen molar-refractivity contribution < 1.29 is 4.74 Å². The number of hydrogen-bond donors (Lipinski definition) is 0. The summed E-state index contributed by atoms with van der Waals surface area (Å²) in [6, 6.07) is 5.91. The van der Waals surface area contributed by atoms with E-state index in [1.54, 1.807) is 7.11 Å². The predicted octanol–water partition coefficient (Wildman–Crippen LogP) is 3.86. The molecule has 0 N–H and O–H groups in total. The molecule has 0 aliphatic rings. The van der Waals surface area contributed by atoms with Crippen LogP contribution in [-0.4, -0.2) is 7.11 Å². The molecule has 76 valence electrons. The van der Waals surface area contributed by atoms with Gasteiger partial charge in [-0.05, 0) is 37.0 Å². The Morgan fingerprint density at radius 3 is 2.93 bits per heavy atom. The summed E-state index contributed by atoms with van der Waals surface area (Å²) in [7, 11) is 1.63. The van der Waals surface area contributed by atoms with Gasteiger partial charge < -0.3 is 4.74 Å². The molecule has 2 heteroatoms. The van der Waals surface area contributed by atoms with E-state index in [4.69, 9.17) is 16.3 Å². The van der Waals surface area contributed by atoms with Gasteiger partial charge in [-0.3, -0.25) is 0 Å². The molecule has 0 unspecified atom stereocenters. The van der Waals surface area contributed by atoms with Crippen LogP contribution in [0.1, 0.15) is 18.4 Å². The molecule has 0 spiro atoms. The highest BCUT2D eigenvalue weighted by atomic mass is 35.5. The van der Waals surface area contributed by atoms with Crippen molar-refractivity contribution in [3.05, 3.63) is 41.4 Å². The molecule has 0 heterocycles. The number of ether oxygens (including phenoxy) is 1. The lowest BCUT2D eigenvalue weighted by Crippen LogP contribution is -1.89. The van der Waals surface area contributed by atoms with Crippen molar-refractivity contribution in [2.45, 2.75) is 19.3 Å². The zero-order valence-corrected chi connectivity index (χ0v) is 9.18. The molecule has 0 aliphatic carbocycles. The predicted molar refractivity (Wildman–Crippen MR) is 61.1 cm³/mol. The Hall–Kier alpha value is -0.950. The molecular formula is C12H15ClO. The monoisotopic (exact) mass is 210 g/mol. The Morgan fingerprint density at radius 1 is 1.50 bits per heavy atom. The number of allylic oxidation sites excluding steroid dienone is 1. The topological polar surface area (TPSA) is 9.23 Å². The fourth-order valence-corrected chi connectivity index (χ4v) is 1.50. The van der Waals surface area contributed by atoms with E-state index >= 15 is 0 Å². The van der Waals surface area contributed by atoms with E-state index in [1.807, 2.05) is 24.3 Å². The van der Waals surface area contributed by atoms with Crippen LogP contribution in [0.4, 0.5) is 0 Å². The molecule has 0 atom stereocenters. The number of halogens is 1. The van der Waals surface area contributed by atoms with Crippen molar-refractivity contribution in [1.82, 2.24) is 0 Å². The van der Waals surface area contributed by atoms with Crippen molar-refractivity contribution in [3.8, 4) is 5.75 Å². The SMILES string of the molecule is C=CCCCc1ccc(Cl)c(OC)c1. The molecule has 0 radical (unpaired) electrons. The minimum absolute atomic E-state index is 0.667. The van der Waals surface area contributed by atoms with Gasteiger partial charge in [-0.1, -0.05) is 23.7 Å². The molecule has 0 aliphatic heterocycles. The first-order valence-electron chi connectivity index (χ1n) is 4.71. The number of methoxy groups -OCH3 is 1. The van der Waals surface area contributed by atoms with Gasteiger partial charge in [-0.15, -0.1) is 6.58 Å². The summed E-state index contributed by atoms with van der Waals surface area (Å²) in [5, 5.41) is 0.667. The lowest BCUT2D eigenvalue weighted by Gasteiger charge is -2.05. The molecular weight excluding hydrogens is 196 g/mol. The van der Waals surface area contributed by atoms with Crippen LogP contribution in [0.3, 0.4) is 0 Å². The van der Waals surface area contributed by atoms with Crippen LogP contribution in [0, 0.1) is 0 Å². The highest BCUT2D eigenvalue weighted by Crippen LogP contribution is 2.25. The molecule has 0 fully saturated rings. The molecule has 1 aromatic rings. The van der Waals surface area contributed by atoms with Gasteiger partial charge in [-0.25, -0.2) is 0 Å². The van der Waals surface area contributed by atoms with E-state index in [1.165, 1.54) is 5.56 Å². The van der Waals surface area contributed by atoms with Crippen LogP contribution in [0.15, 0.2) is 30.9 Å². The number of unbranched alkanes of at least 4 members (excludes halogenated alkanes) is 1. The van der Waals surface area contributed by atoms with E-state index in [2.05, 4.69) is 6.58 Å². The second-order valence-corrected chi connectivity index (χ2v) is 3.56. The van der Waals surface area contributed by atoms with Gasteiger partial charge >= 0.3 is 0 Å². The minimum Gasteiger partial charge on any atom is -0.495 e. The maximum atomic E-state index is 5.92. The third-order valence-corrected chi connectivity index (χ3v) is 2.40. The smallest absolute Gasteiger partial charge is 0.137 e. The fraction of sp³-hybridized carbons (Fsp3) is 0.333. The number of hydrogen-bond acceptors (Lipinski definition) is 1. The Balaban J connectivity index is 2.64. The van der Waals surface area contributed by atoms with Crippen LogP contribution >= 0.6 is 11.6 Å². The standard InChI is InChI=1S/C12H15ClO/c1-3-4-5-6-10-7-8-11(13)12(9-10)14-2/h3,7-9H,1,4-6H2,2H3.